The molecule has 0 aliphatic carbocycles. The number of amides is 2. The van der Waals surface area contributed by atoms with Crippen molar-refractivity contribution in [2.24, 2.45) is 0 Å². The number of carbonyl (C=O) groups excluding carboxylic acids is 2. The largest absolute Gasteiger partial charge is 0.416 e. The number of carbonyl (C=O) groups is 2. The van der Waals surface area contributed by atoms with Gasteiger partial charge in [-0.3, -0.25) is 14.2 Å². The van der Waals surface area contributed by atoms with Crippen LogP contribution in [0.2, 0.25) is 5.02 Å². The first-order valence-corrected chi connectivity index (χ1v) is 12.4. The Morgan fingerprint density at radius 3 is 2.27 bits per heavy atom. The molecule has 3 rings (SSSR count). The van der Waals surface area contributed by atoms with E-state index in [0.717, 1.165) is 22.8 Å². The Kier molecular flexibility index (Phi) is 10.2. The molecule has 0 fully saturated rings. The monoisotopic (exact) mass is 607 g/mol. The summed E-state index contributed by atoms with van der Waals surface area (Å²) in [6.07, 6.45) is -11.5. The smallest absolute Gasteiger partial charge is 0.395 e. The van der Waals surface area contributed by atoms with E-state index < -0.39 is 79.6 Å². The van der Waals surface area contributed by atoms with Crippen molar-refractivity contribution in [3.8, 4) is 11.4 Å². The van der Waals surface area contributed by atoms with Crippen molar-refractivity contribution in [2.45, 2.75) is 44.3 Å². The lowest BCUT2D eigenvalue weighted by Gasteiger charge is -2.22. The number of halogens is 7. The number of aliphatic hydroxyl groups excluding tert-OH is 1. The first-order chi connectivity index (χ1) is 19.2. The number of rotatable bonds is 11. The lowest BCUT2D eigenvalue weighted by molar-refractivity contribution is -0.139. The molecule has 0 saturated heterocycles. The molecule has 0 saturated carbocycles. The Balaban J connectivity index is 1.94. The number of aromatic nitrogens is 3. The zero-order valence-electron chi connectivity index (χ0n) is 21.1. The summed E-state index contributed by atoms with van der Waals surface area (Å²) in [5, 5.41) is 17.8. The highest BCUT2D eigenvalue weighted by Gasteiger charge is 2.36. The standard InChI is InChI=1S/C25H24ClF6N5O4/c26-16-7-5-15(6-8-16)22-35-37(23(41)36(22)11-9-24(27,28)29)14-21(40)34-19(13-20(39)33-10-12-38)17-3-1-2-4-18(17)25(30,31)32/h1-8,19,38H,9-14H2,(H,33,39)(H,34,40). The minimum Gasteiger partial charge on any atom is -0.395 e. The molecule has 1 aromatic heterocycles. The van der Waals surface area contributed by atoms with Gasteiger partial charge in [-0.15, -0.1) is 5.10 Å². The molecule has 0 aliphatic rings. The van der Waals surface area contributed by atoms with Crippen molar-refractivity contribution in [3.05, 3.63) is 75.2 Å². The second-order valence-electron chi connectivity index (χ2n) is 8.77. The summed E-state index contributed by atoms with van der Waals surface area (Å²) in [7, 11) is 0. The van der Waals surface area contributed by atoms with Gasteiger partial charge in [-0.1, -0.05) is 29.8 Å². The lowest BCUT2D eigenvalue weighted by atomic mass is 9.97. The Bertz CT molecular complexity index is 1420. The number of nitrogens with zero attached hydrogens (tertiary/aromatic N) is 3. The first kappa shape index (κ1) is 31.7. The van der Waals surface area contributed by atoms with E-state index >= 15 is 0 Å². The SMILES string of the molecule is O=C(CC(NC(=O)Cn1nc(-c2ccc(Cl)cc2)n(CCC(F)(F)F)c1=O)c1ccccc1C(F)(F)F)NCCO. The number of nitrogens with one attached hydrogen (secondary N) is 2. The second kappa shape index (κ2) is 13.2. The molecule has 222 valence electrons. The number of hydrogen-bond donors (Lipinski definition) is 3. The minimum atomic E-state index is -4.83. The van der Waals surface area contributed by atoms with E-state index in [9.17, 15) is 40.7 Å². The Labute approximate surface area is 233 Å². The number of alkyl halides is 6. The summed E-state index contributed by atoms with van der Waals surface area (Å²) in [4.78, 5) is 38.2. The molecule has 1 atom stereocenters. The lowest BCUT2D eigenvalue weighted by Crippen LogP contribution is -2.39. The third kappa shape index (κ3) is 8.82. The van der Waals surface area contributed by atoms with E-state index in [1.165, 1.54) is 30.3 Å². The molecule has 2 aromatic carbocycles. The molecular weight excluding hydrogens is 584 g/mol. The molecule has 16 heteroatoms. The van der Waals surface area contributed by atoms with Crippen LogP contribution >= 0.6 is 11.6 Å². The van der Waals surface area contributed by atoms with Crippen LogP contribution in [0.4, 0.5) is 26.3 Å². The van der Waals surface area contributed by atoms with Gasteiger partial charge < -0.3 is 15.7 Å². The van der Waals surface area contributed by atoms with Crippen molar-refractivity contribution in [1.29, 1.82) is 0 Å². The molecule has 1 heterocycles. The minimum absolute atomic E-state index is 0.182. The topological polar surface area (TPSA) is 118 Å². The highest BCUT2D eigenvalue weighted by atomic mass is 35.5. The maximum absolute atomic E-state index is 13.7. The molecule has 0 spiro atoms. The molecule has 0 bridgehead atoms. The van der Waals surface area contributed by atoms with E-state index in [4.69, 9.17) is 16.7 Å². The Morgan fingerprint density at radius 1 is 1.00 bits per heavy atom. The van der Waals surface area contributed by atoms with E-state index in [1.807, 2.05) is 0 Å². The van der Waals surface area contributed by atoms with Gasteiger partial charge in [-0.05, 0) is 35.9 Å². The van der Waals surface area contributed by atoms with E-state index in [-0.39, 0.29) is 17.9 Å². The van der Waals surface area contributed by atoms with Crippen molar-refractivity contribution >= 4 is 23.4 Å². The van der Waals surface area contributed by atoms with Crippen molar-refractivity contribution < 1.29 is 41.0 Å². The maximum atomic E-state index is 13.7. The van der Waals surface area contributed by atoms with Crippen LogP contribution in [-0.4, -0.2) is 50.6 Å². The highest BCUT2D eigenvalue weighted by Crippen LogP contribution is 2.35. The first-order valence-electron chi connectivity index (χ1n) is 12.0. The van der Waals surface area contributed by atoms with E-state index in [1.54, 1.807) is 0 Å². The average molecular weight is 608 g/mol. The fourth-order valence-corrected chi connectivity index (χ4v) is 4.05. The predicted octanol–water partition coefficient (Wildman–Crippen LogP) is 3.69. The Hall–Kier alpha value is -3.85. The van der Waals surface area contributed by atoms with Gasteiger partial charge in [-0.2, -0.15) is 26.3 Å². The second-order valence-corrected chi connectivity index (χ2v) is 9.21. The molecule has 2 amide bonds. The van der Waals surface area contributed by atoms with Gasteiger partial charge in [0.25, 0.3) is 0 Å². The highest BCUT2D eigenvalue weighted by molar-refractivity contribution is 6.30. The summed E-state index contributed by atoms with van der Waals surface area (Å²) < 4.78 is 81.1. The zero-order valence-corrected chi connectivity index (χ0v) is 21.9. The van der Waals surface area contributed by atoms with Gasteiger partial charge in [0.05, 0.1) is 31.1 Å². The van der Waals surface area contributed by atoms with Crippen molar-refractivity contribution in [3.63, 3.8) is 0 Å². The third-order valence-electron chi connectivity index (χ3n) is 5.74. The van der Waals surface area contributed by atoms with Crippen LogP contribution in [0.5, 0.6) is 0 Å². The summed E-state index contributed by atoms with van der Waals surface area (Å²) in [5.74, 6) is -2.00. The quantitative estimate of drug-likeness (QED) is 0.288. The van der Waals surface area contributed by atoms with Gasteiger partial charge >= 0.3 is 18.0 Å². The molecule has 3 N–H and O–H groups in total. The summed E-state index contributed by atoms with van der Waals surface area (Å²) in [6, 6.07) is 8.40. The van der Waals surface area contributed by atoms with Crippen molar-refractivity contribution in [1.82, 2.24) is 25.0 Å². The summed E-state index contributed by atoms with van der Waals surface area (Å²) in [6.45, 7) is -2.30. The van der Waals surface area contributed by atoms with Crippen LogP contribution in [0.25, 0.3) is 11.4 Å². The molecule has 3 aromatic rings. The fourth-order valence-electron chi connectivity index (χ4n) is 3.92. The summed E-state index contributed by atoms with van der Waals surface area (Å²) in [5.41, 5.74) is -2.39. The van der Waals surface area contributed by atoms with Crippen LogP contribution < -0.4 is 16.3 Å². The number of aliphatic hydroxyl groups is 1. The third-order valence-corrected chi connectivity index (χ3v) is 5.99. The van der Waals surface area contributed by atoms with Crippen molar-refractivity contribution in [2.75, 3.05) is 13.2 Å². The van der Waals surface area contributed by atoms with Crippen LogP contribution in [0, 0.1) is 0 Å². The van der Waals surface area contributed by atoms with Gasteiger partial charge in [0, 0.05) is 23.7 Å². The molecule has 0 radical (unpaired) electrons. The molecular formula is C25H24ClF6N5O4. The number of benzene rings is 2. The molecule has 9 nitrogen and oxygen atoms in total. The van der Waals surface area contributed by atoms with Crippen LogP contribution in [-0.2, 0) is 28.9 Å². The normalized spacial score (nSPS) is 12.7. The van der Waals surface area contributed by atoms with Gasteiger partial charge in [0.1, 0.15) is 6.54 Å². The average Bonchev–Trinajstić information content (AvgIpc) is 3.20. The van der Waals surface area contributed by atoms with Crippen LogP contribution in [0.3, 0.4) is 0 Å². The van der Waals surface area contributed by atoms with Crippen LogP contribution in [0.15, 0.2) is 53.3 Å². The van der Waals surface area contributed by atoms with Gasteiger partial charge in [0.15, 0.2) is 5.82 Å². The zero-order chi connectivity index (χ0) is 30.4. The van der Waals surface area contributed by atoms with E-state index in [0.29, 0.717) is 9.70 Å². The maximum Gasteiger partial charge on any atom is 0.416 e. The molecule has 41 heavy (non-hydrogen) atoms. The fraction of sp³-hybridized carbons (Fsp3) is 0.360. The van der Waals surface area contributed by atoms with E-state index in [2.05, 4.69) is 15.7 Å². The predicted molar refractivity (Wildman–Crippen MR) is 135 cm³/mol. The number of hydrogen-bond acceptors (Lipinski definition) is 5. The van der Waals surface area contributed by atoms with Gasteiger partial charge in [0.2, 0.25) is 11.8 Å². The Morgan fingerprint density at radius 2 is 1.66 bits per heavy atom. The van der Waals surface area contributed by atoms with Gasteiger partial charge in [-0.25, -0.2) is 9.48 Å². The molecule has 0 aliphatic heterocycles. The summed E-state index contributed by atoms with van der Waals surface area (Å²) >= 11 is 5.86. The van der Waals surface area contributed by atoms with Crippen LogP contribution in [0.1, 0.15) is 30.0 Å². The molecule has 1 unspecified atom stereocenters.